The highest BCUT2D eigenvalue weighted by Crippen LogP contribution is 2.50. The fourth-order valence-electron chi connectivity index (χ4n) is 3.44. The number of ether oxygens (including phenoxy) is 1. The lowest BCUT2D eigenvalue weighted by Gasteiger charge is -2.27. The lowest BCUT2D eigenvalue weighted by molar-refractivity contribution is -0.136. The van der Waals surface area contributed by atoms with Gasteiger partial charge in [0.05, 0.1) is 12.7 Å². The van der Waals surface area contributed by atoms with Crippen LogP contribution in [0.25, 0.3) is 0 Å². The molecule has 2 saturated carbocycles. The maximum absolute atomic E-state index is 10.2. The van der Waals surface area contributed by atoms with E-state index < -0.39 is 5.60 Å². The van der Waals surface area contributed by atoms with E-state index >= 15 is 0 Å². The fraction of sp³-hybridized carbons (Fsp3) is 0.812. The van der Waals surface area contributed by atoms with Gasteiger partial charge in [-0.3, -0.25) is 0 Å². The van der Waals surface area contributed by atoms with E-state index in [4.69, 9.17) is 0 Å². The second kappa shape index (κ2) is 6.56. The fourth-order valence-corrected chi connectivity index (χ4v) is 3.44. The van der Waals surface area contributed by atoms with Crippen molar-refractivity contribution in [1.82, 2.24) is 0 Å². The molecule has 110 valence electrons. The molecule has 2 bridgehead atoms. The van der Waals surface area contributed by atoms with Gasteiger partial charge in [0, 0.05) is 5.57 Å². The summed E-state index contributed by atoms with van der Waals surface area (Å²) in [5, 5.41) is 9.71. The molecule has 3 nitrogen and oxygen atoms in total. The summed E-state index contributed by atoms with van der Waals surface area (Å²) in [4.78, 5) is 10.2. The zero-order chi connectivity index (χ0) is 14.6. The van der Waals surface area contributed by atoms with E-state index in [1.165, 1.54) is 32.8 Å². The maximum Gasteiger partial charge on any atom is 0.332 e. The molecule has 2 fully saturated rings. The van der Waals surface area contributed by atoms with Crippen LogP contribution in [-0.2, 0) is 9.53 Å². The van der Waals surface area contributed by atoms with Crippen LogP contribution < -0.4 is 0 Å². The molecule has 1 N–H and O–H groups in total. The second-order valence-corrected chi connectivity index (χ2v) is 6.72. The van der Waals surface area contributed by atoms with Gasteiger partial charge in [-0.05, 0) is 64.2 Å². The molecule has 2 aliphatic rings. The largest absolute Gasteiger partial charge is 0.466 e. The molecule has 0 radical (unpaired) electrons. The van der Waals surface area contributed by atoms with Crippen LogP contribution in [0.2, 0.25) is 0 Å². The molecule has 3 unspecified atom stereocenters. The Morgan fingerprint density at radius 2 is 2.00 bits per heavy atom. The summed E-state index contributed by atoms with van der Waals surface area (Å²) < 4.78 is 4.27. The van der Waals surface area contributed by atoms with Crippen LogP contribution in [0.4, 0.5) is 0 Å². The molecule has 0 aromatic rings. The Morgan fingerprint density at radius 3 is 2.26 bits per heavy atom. The molecular weight excluding hydrogens is 240 g/mol. The molecule has 0 spiro atoms. The molecule has 3 heteroatoms. The van der Waals surface area contributed by atoms with Gasteiger partial charge in [-0.1, -0.05) is 13.0 Å². The average Bonchev–Trinajstić information content (AvgIpc) is 2.88. The Hall–Kier alpha value is -0.830. The van der Waals surface area contributed by atoms with Gasteiger partial charge < -0.3 is 9.84 Å². The van der Waals surface area contributed by atoms with E-state index in [0.29, 0.717) is 5.57 Å². The van der Waals surface area contributed by atoms with Crippen molar-refractivity contribution < 1.29 is 14.6 Å². The molecule has 0 aromatic carbocycles. The van der Waals surface area contributed by atoms with E-state index in [2.05, 4.69) is 11.3 Å². The zero-order valence-electron chi connectivity index (χ0n) is 12.7. The summed E-state index contributed by atoms with van der Waals surface area (Å²) >= 11 is 0. The number of methoxy groups -OCH3 is 1. The minimum atomic E-state index is -0.435. The van der Waals surface area contributed by atoms with Gasteiger partial charge in [0.2, 0.25) is 0 Å². The second-order valence-electron chi connectivity index (χ2n) is 6.72. The van der Waals surface area contributed by atoms with E-state index in [1.54, 1.807) is 6.92 Å². The van der Waals surface area contributed by atoms with Crippen molar-refractivity contribution in [1.29, 1.82) is 0 Å². The molecular formula is C16H28O3. The first-order valence-electron chi connectivity index (χ1n) is 7.19. The van der Waals surface area contributed by atoms with E-state index in [0.717, 1.165) is 24.2 Å². The van der Waals surface area contributed by atoms with Crippen molar-refractivity contribution in [2.24, 2.45) is 17.8 Å². The van der Waals surface area contributed by atoms with E-state index in [9.17, 15) is 9.90 Å². The Kier molecular flexibility index (Phi) is 5.60. The van der Waals surface area contributed by atoms with Crippen LogP contribution in [-0.4, -0.2) is 23.8 Å². The number of fused-ring (bicyclic) bond motifs is 2. The molecule has 2 rings (SSSR count). The summed E-state index contributed by atoms with van der Waals surface area (Å²) in [5.41, 5.74) is -0.00250. The van der Waals surface area contributed by atoms with Crippen molar-refractivity contribution in [2.45, 2.75) is 58.5 Å². The summed E-state index contributed by atoms with van der Waals surface area (Å²) in [7, 11) is 1.33. The summed E-state index contributed by atoms with van der Waals surface area (Å²) in [6.45, 7) is 8.84. The van der Waals surface area contributed by atoms with Crippen LogP contribution in [0.5, 0.6) is 0 Å². The van der Waals surface area contributed by atoms with Crippen molar-refractivity contribution in [3.05, 3.63) is 12.2 Å². The lowest BCUT2D eigenvalue weighted by atomic mass is 9.81. The van der Waals surface area contributed by atoms with Gasteiger partial charge in [-0.15, -0.1) is 0 Å². The molecule has 3 atom stereocenters. The van der Waals surface area contributed by atoms with E-state index in [1.807, 2.05) is 13.8 Å². The third-order valence-electron chi connectivity index (χ3n) is 4.18. The monoisotopic (exact) mass is 268 g/mol. The summed E-state index contributed by atoms with van der Waals surface area (Å²) in [5.74, 6) is 2.47. The van der Waals surface area contributed by atoms with Gasteiger partial charge in [0.25, 0.3) is 0 Å². The normalized spacial score (nSPS) is 28.6. The van der Waals surface area contributed by atoms with Crippen LogP contribution in [0, 0.1) is 17.8 Å². The number of carbonyl (C=O) groups is 1. The standard InChI is InChI=1S/C11H20O.C5H8O2/c1-11(2,12)7-10-6-8-3-4-9(10)5-8;1-4(2)5(6)7-3/h8-10,12H,3-7H2,1-2H3;1H2,2-3H3. The Bertz CT molecular complexity index is 327. The third-order valence-corrected chi connectivity index (χ3v) is 4.18. The number of hydrogen-bond donors (Lipinski definition) is 1. The highest BCUT2D eigenvalue weighted by molar-refractivity contribution is 5.86. The molecule has 0 saturated heterocycles. The number of carbonyl (C=O) groups excluding carboxylic acids is 1. The third kappa shape index (κ3) is 5.35. The van der Waals surface area contributed by atoms with Crippen molar-refractivity contribution in [3.63, 3.8) is 0 Å². The lowest BCUT2D eigenvalue weighted by Crippen LogP contribution is -2.25. The summed E-state index contributed by atoms with van der Waals surface area (Å²) in [6.07, 6.45) is 6.78. The highest BCUT2D eigenvalue weighted by Gasteiger charge is 2.40. The van der Waals surface area contributed by atoms with E-state index in [-0.39, 0.29) is 5.97 Å². The molecule has 0 aromatic heterocycles. The smallest absolute Gasteiger partial charge is 0.332 e. The molecule has 0 amide bonds. The van der Waals surface area contributed by atoms with Gasteiger partial charge in [-0.2, -0.15) is 0 Å². The topological polar surface area (TPSA) is 46.5 Å². The number of hydrogen-bond acceptors (Lipinski definition) is 3. The number of rotatable bonds is 3. The predicted molar refractivity (Wildman–Crippen MR) is 76.7 cm³/mol. The number of aliphatic hydroxyl groups is 1. The van der Waals surface area contributed by atoms with Gasteiger partial charge in [0.15, 0.2) is 0 Å². The maximum atomic E-state index is 10.2. The molecule has 0 heterocycles. The first kappa shape index (κ1) is 16.2. The van der Waals surface area contributed by atoms with Gasteiger partial charge in [0.1, 0.15) is 0 Å². The van der Waals surface area contributed by atoms with Gasteiger partial charge in [-0.25, -0.2) is 4.79 Å². The first-order chi connectivity index (χ1) is 8.73. The Balaban J connectivity index is 0.000000224. The summed E-state index contributed by atoms with van der Waals surface area (Å²) in [6, 6.07) is 0. The molecule has 2 aliphatic carbocycles. The Morgan fingerprint density at radius 1 is 1.37 bits per heavy atom. The Labute approximate surface area is 117 Å². The first-order valence-corrected chi connectivity index (χ1v) is 7.19. The quantitative estimate of drug-likeness (QED) is 0.631. The van der Waals surface area contributed by atoms with Crippen LogP contribution in [0.15, 0.2) is 12.2 Å². The molecule has 19 heavy (non-hydrogen) atoms. The predicted octanol–water partition coefficient (Wildman–Crippen LogP) is 3.32. The highest BCUT2D eigenvalue weighted by atomic mass is 16.5. The molecule has 0 aliphatic heterocycles. The minimum absolute atomic E-state index is 0.347. The van der Waals surface area contributed by atoms with Crippen molar-refractivity contribution in [2.75, 3.05) is 7.11 Å². The zero-order valence-corrected chi connectivity index (χ0v) is 12.7. The van der Waals surface area contributed by atoms with Crippen LogP contribution >= 0.6 is 0 Å². The van der Waals surface area contributed by atoms with Crippen LogP contribution in [0.1, 0.15) is 52.9 Å². The van der Waals surface area contributed by atoms with Gasteiger partial charge >= 0.3 is 5.97 Å². The average molecular weight is 268 g/mol. The van der Waals surface area contributed by atoms with Crippen molar-refractivity contribution in [3.8, 4) is 0 Å². The SMILES string of the molecule is C=C(C)C(=O)OC.CC(C)(O)CC1CC2CCC1C2. The number of esters is 1. The van der Waals surface area contributed by atoms with Crippen molar-refractivity contribution >= 4 is 5.97 Å². The minimum Gasteiger partial charge on any atom is -0.466 e. The van der Waals surface area contributed by atoms with Crippen LogP contribution in [0.3, 0.4) is 0 Å².